The molecule has 3 aromatic rings. The van der Waals surface area contributed by atoms with E-state index in [1.807, 2.05) is 36.4 Å². The van der Waals surface area contributed by atoms with Gasteiger partial charge in [0.15, 0.2) is 5.96 Å². The lowest BCUT2D eigenvalue weighted by molar-refractivity contribution is 0.588. The molecule has 0 aliphatic heterocycles. The van der Waals surface area contributed by atoms with Crippen LogP contribution in [0.2, 0.25) is 0 Å². The van der Waals surface area contributed by atoms with Crippen molar-refractivity contribution in [2.75, 3.05) is 12.4 Å². The number of rotatable bonds is 7. The number of anilines is 1. The van der Waals surface area contributed by atoms with Gasteiger partial charge in [-0.1, -0.05) is 60.2 Å². The number of sulfonamides is 1. The number of guanidine groups is 1. The molecular weight excluding hydrogens is 523 g/mol. The minimum Gasteiger partial charge on any atom is -0.352 e. The van der Waals surface area contributed by atoms with Gasteiger partial charge in [0.05, 0.1) is 11.4 Å². The minimum atomic E-state index is -3.49. The number of aliphatic imine (C=N–C) groups is 1. The molecule has 0 aromatic heterocycles. The number of hydrogen-bond donors (Lipinski definition) is 3. The highest BCUT2D eigenvalue weighted by Crippen LogP contribution is 2.12. The first kappa shape index (κ1) is 24.8. The summed E-state index contributed by atoms with van der Waals surface area (Å²) >= 11 is 0. The number of aryl methyl sites for hydroxylation is 1. The van der Waals surface area contributed by atoms with Gasteiger partial charge in [-0.15, -0.1) is 24.0 Å². The summed E-state index contributed by atoms with van der Waals surface area (Å²) in [5, 5.41) is 6.63. The highest BCUT2D eigenvalue weighted by Gasteiger charge is 2.11. The molecule has 0 atom stereocenters. The van der Waals surface area contributed by atoms with Crippen LogP contribution in [-0.4, -0.2) is 21.4 Å². The van der Waals surface area contributed by atoms with Crippen LogP contribution in [0.4, 0.5) is 5.69 Å². The van der Waals surface area contributed by atoms with Crippen LogP contribution in [0.1, 0.15) is 16.7 Å². The lowest BCUT2D eigenvalue weighted by Gasteiger charge is -2.13. The van der Waals surface area contributed by atoms with E-state index in [0.29, 0.717) is 19.0 Å². The largest absolute Gasteiger partial charge is 0.352 e. The van der Waals surface area contributed by atoms with E-state index in [4.69, 9.17) is 0 Å². The highest BCUT2D eigenvalue weighted by atomic mass is 127. The maximum absolute atomic E-state index is 12.0. The number of nitrogens with zero attached hydrogens (tertiary/aromatic N) is 1. The molecule has 6 nitrogen and oxygen atoms in total. The molecule has 0 fully saturated rings. The van der Waals surface area contributed by atoms with Crippen molar-refractivity contribution >= 4 is 45.6 Å². The van der Waals surface area contributed by atoms with Gasteiger partial charge in [-0.2, -0.15) is 0 Å². The van der Waals surface area contributed by atoms with Crippen LogP contribution in [0.15, 0.2) is 88.8 Å². The SMILES string of the molecule is CNS(=O)(=O)c1cccc(CN=C(NCc2ccc(C)cc2)Nc2ccccc2)c1.I. The zero-order valence-corrected chi connectivity index (χ0v) is 20.6. The molecule has 0 spiro atoms. The van der Waals surface area contributed by atoms with E-state index in [-0.39, 0.29) is 28.9 Å². The zero-order valence-electron chi connectivity index (χ0n) is 17.5. The Labute approximate surface area is 201 Å². The first-order valence-electron chi connectivity index (χ1n) is 9.65. The van der Waals surface area contributed by atoms with Gasteiger partial charge in [0, 0.05) is 12.2 Å². The van der Waals surface area contributed by atoms with E-state index < -0.39 is 10.0 Å². The number of nitrogens with one attached hydrogen (secondary N) is 3. The third kappa shape index (κ3) is 7.64. The average Bonchev–Trinajstić information content (AvgIpc) is 2.77. The van der Waals surface area contributed by atoms with Gasteiger partial charge in [-0.05, 0) is 49.4 Å². The van der Waals surface area contributed by atoms with E-state index >= 15 is 0 Å². The molecule has 0 heterocycles. The fourth-order valence-electron chi connectivity index (χ4n) is 2.79. The van der Waals surface area contributed by atoms with Crippen LogP contribution in [-0.2, 0) is 23.1 Å². The van der Waals surface area contributed by atoms with E-state index in [9.17, 15) is 8.42 Å². The standard InChI is InChI=1S/C23H26N4O2S.HI/c1-18-11-13-19(14-12-18)16-25-23(27-21-8-4-3-5-9-21)26-17-20-7-6-10-22(15-20)30(28,29)24-2;/h3-15,24H,16-17H2,1-2H3,(H2,25,26,27);1H. The summed E-state index contributed by atoms with van der Waals surface area (Å²) in [5.41, 5.74) is 4.08. The maximum Gasteiger partial charge on any atom is 0.240 e. The third-order valence-electron chi connectivity index (χ3n) is 4.51. The first-order chi connectivity index (χ1) is 14.5. The van der Waals surface area contributed by atoms with Crippen molar-refractivity contribution < 1.29 is 8.42 Å². The molecule has 0 bridgehead atoms. The molecule has 0 aliphatic carbocycles. The molecular formula is C23H27IN4O2S. The quantitative estimate of drug-likeness (QED) is 0.233. The third-order valence-corrected chi connectivity index (χ3v) is 5.93. The topological polar surface area (TPSA) is 82.6 Å². The second kappa shape index (κ2) is 11.8. The fourth-order valence-corrected chi connectivity index (χ4v) is 3.59. The van der Waals surface area contributed by atoms with Crippen molar-refractivity contribution in [3.63, 3.8) is 0 Å². The number of benzene rings is 3. The molecule has 0 aliphatic rings. The molecule has 0 amide bonds. The van der Waals surface area contributed by atoms with E-state index in [2.05, 4.69) is 51.5 Å². The summed E-state index contributed by atoms with van der Waals surface area (Å²) in [4.78, 5) is 4.87. The smallest absolute Gasteiger partial charge is 0.240 e. The lowest BCUT2D eigenvalue weighted by atomic mass is 10.1. The Morgan fingerprint density at radius 2 is 1.61 bits per heavy atom. The molecule has 8 heteroatoms. The van der Waals surface area contributed by atoms with Gasteiger partial charge < -0.3 is 10.6 Å². The average molecular weight is 550 g/mol. The number of para-hydroxylation sites is 1. The van der Waals surface area contributed by atoms with E-state index in [1.165, 1.54) is 12.6 Å². The van der Waals surface area contributed by atoms with Crippen molar-refractivity contribution in [2.45, 2.75) is 24.9 Å². The summed E-state index contributed by atoms with van der Waals surface area (Å²) in [6, 6.07) is 24.9. The van der Waals surface area contributed by atoms with Crippen molar-refractivity contribution in [3.05, 3.63) is 95.6 Å². The summed E-state index contributed by atoms with van der Waals surface area (Å²) in [6.45, 7) is 3.01. The van der Waals surface area contributed by atoms with Crippen LogP contribution in [0.5, 0.6) is 0 Å². The monoisotopic (exact) mass is 550 g/mol. The number of hydrogen-bond acceptors (Lipinski definition) is 3. The van der Waals surface area contributed by atoms with Gasteiger partial charge in [0.1, 0.15) is 0 Å². The zero-order chi connectivity index (χ0) is 21.4. The van der Waals surface area contributed by atoms with Gasteiger partial charge >= 0.3 is 0 Å². The minimum absolute atomic E-state index is 0. The summed E-state index contributed by atoms with van der Waals surface area (Å²) in [7, 11) is -2.09. The van der Waals surface area contributed by atoms with Gasteiger partial charge in [-0.3, -0.25) is 0 Å². The predicted octanol–water partition coefficient (Wildman–Crippen LogP) is 4.28. The molecule has 0 saturated heterocycles. The van der Waals surface area contributed by atoms with Gasteiger partial charge in [-0.25, -0.2) is 18.1 Å². The molecule has 164 valence electrons. The van der Waals surface area contributed by atoms with Crippen LogP contribution in [0.25, 0.3) is 0 Å². The Kier molecular flexibility index (Phi) is 9.47. The van der Waals surface area contributed by atoms with Crippen LogP contribution >= 0.6 is 24.0 Å². The Balaban J connectivity index is 0.00000341. The predicted molar refractivity (Wildman–Crippen MR) is 137 cm³/mol. The van der Waals surface area contributed by atoms with Crippen molar-refractivity contribution in [3.8, 4) is 0 Å². The fraction of sp³-hybridized carbons (Fsp3) is 0.174. The molecule has 3 rings (SSSR count). The Hall–Kier alpha value is -2.43. The van der Waals surface area contributed by atoms with Crippen molar-refractivity contribution in [2.24, 2.45) is 4.99 Å². The van der Waals surface area contributed by atoms with Gasteiger partial charge in [0.2, 0.25) is 10.0 Å². The number of halogens is 1. The second-order valence-electron chi connectivity index (χ2n) is 6.85. The van der Waals surface area contributed by atoms with Crippen LogP contribution < -0.4 is 15.4 Å². The summed E-state index contributed by atoms with van der Waals surface area (Å²) in [6.07, 6.45) is 0. The summed E-state index contributed by atoms with van der Waals surface area (Å²) < 4.78 is 26.4. The van der Waals surface area contributed by atoms with Crippen molar-refractivity contribution in [1.82, 2.24) is 10.0 Å². The molecule has 0 radical (unpaired) electrons. The van der Waals surface area contributed by atoms with Crippen LogP contribution in [0.3, 0.4) is 0 Å². The van der Waals surface area contributed by atoms with Crippen LogP contribution in [0, 0.1) is 6.92 Å². The van der Waals surface area contributed by atoms with Crippen molar-refractivity contribution in [1.29, 1.82) is 0 Å². The Morgan fingerprint density at radius 3 is 2.29 bits per heavy atom. The molecule has 3 N–H and O–H groups in total. The van der Waals surface area contributed by atoms with E-state index in [1.54, 1.807) is 18.2 Å². The molecule has 31 heavy (non-hydrogen) atoms. The lowest BCUT2D eigenvalue weighted by Crippen LogP contribution is -2.30. The molecule has 0 saturated carbocycles. The van der Waals surface area contributed by atoms with Gasteiger partial charge in [0.25, 0.3) is 0 Å². The first-order valence-corrected chi connectivity index (χ1v) is 11.1. The molecule has 3 aromatic carbocycles. The highest BCUT2D eigenvalue weighted by molar-refractivity contribution is 14.0. The maximum atomic E-state index is 12.0. The van der Waals surface area contributed by atoms with E-state index in [0.717, 1.165) is 16.8 Å². The Morgan fingerprint density at radius 1 is 0.903 bits per heavy atom. The Bertz CT molecular complexity index is 1100. The second-order valence-corrected chi connectivity index (χ2v) is 8.74. The summed E-state index contributed by atoms with van der Waals surface area (Å²) in [5.74, 6) is 0.614. The molecule has 0 unspecified atom stereocenters. The normalized spacial score (nSPS) is 11.5.